The molecule has 3 N–H and O–H groups in total. The SMILES string of the molecule is CC(C)[C@H](NC(=O)OCC1c2ccccc2-c2ccccc21)C(=O)Nc1cc(C(=O)O)n(C)n1. The average Bonchev–Trinajstić information content (AvgIpc) is 3.33. The third-order valence-electron chi connectivity index (χ3n) is 5.92. The van der Waals surface area contributed by atoms with Crippen LogP contribution in [0.3, 0.4) is 0 Å². The lowest BCUT2D eigenvalue weighted by Gasteiger charge is -2.22. The number of fused-ring (bicyclic) bond motifs is 3. The molecule has 34 heavy (non-hydrogen) atoms. The summed E-state index contributed by atoms with van der Waals surface area (Å²) in [4.78, 5) is 36.6. The fourth-order valence-electron chi connectivity index (χ4n) is 4.23. The minimum Gasteiger partial charge on any atom is -0.477 e. The molecule has 0 bridgehead atoms. The molecule has 0 unspecified atom stereocenters. The Bertz CT molecular complexity index is 1200. The molecule has 0 fully saturated rings. The first-order valence-electron chi connectivity index (χ1n) is 11.0. The van der Waals surface area contributed by atoms with Crippen molar-refractivity contribution in [1.82, 2.24) is 15.1 Å². The second kappa shape index (κ2) is 9.38. The van der Waals surface area contributed by atoms with Crippen molar-refractivity contribution in [3.63, 3.8) is 0 Å². The monoisotopic (exact) mass is 462 g/mol. The number of hydrogen-bond acceptors (Lipinski definition) is 5. The van der Waals surface area contributed by atoms with Gasteiger partial charge in [0.05, 0.1) is 0 Å². The van der Waals surface area contributed by atoms with Crippen LogP contribution < -0.4 is 10.6 Å². The van der Waals surface area contributed by atoms with Gasteiger partial charge in [0.15, 0.2) is 5.82 Å². The van der Waals surface area contributed by atoms with Crippen molar-refractivity contribution in [2.45, 2.75) is 25.8 Å². The van der Waals surface area contributed by atoms with Crippen LogP contribution in [0.4, 0.5) is 10.6 Å². The first-order valence-corrected chi connectivity index (χ1v) is 11.0. The number of hydrogen-bond donors (Lipinski definition) is 3. The quantitative estimate of drug-likeness (QED) is 0.493. The number of carboxylic acids is 1. The third-order valence-corrected chi connectivity index (χ3v) is 5.92. The number of nitrogens with zero attached hydrogens (tertiary/aromatic N) is 2. The molecule has 1 heterocycles. The van der Waals surface area contributed by atoms with Gasteiger partial charge in [0.2, 0.25) is 5.91 Å². The van der Waals surface area contributed by atoms with E-state index in [1.807, 2.05) is 36.4 Å². The summed E-state index contributed by atoms with van der Waals surface area (Å²) in [6.45, 7) is 3.71. The number of aryl methyl sites for hydroxylation is 1. The number of aromatic carboxylic acids is 1. The van der Waals surface area contributed by atoms with Crippen molar-refractivity contribution in [3.8, 4) is 11.1 Å². The van der Waals surface area contributed by atoms with Crippen molar-refractivity contribution in [2.75, 3.05) is 11.9 Å². The van der Waals surface area contributed by atoms with E-state index in [2.05, 4.69) is 27.9 Å². The van der Waals surface area contributed by atoms with Gasteiger partial charge in [-0.15, -0.1) is 0 Å². The molecule has 2 amide bonds. The zero-order valence-electron chi connectivity index (χ0n) is 19.1. The van der Waals surface area contributed by atoms with Crippen molar-refractivity contribution < 1.29 is 24.2 Å². The van der Waals surface area contributed by atoms with Gasteiger partial charge < -0.3 is 20.5 Å². The highest BCUT2D eigenvalue weighted by molar-refractivity contribution is 5.97. The molecule has 0 spiro atoms. The predicted octanol–water partition coefficient (Wildman–Crippen LogP) is 3.62. The van der Waals surface area contributed by atoms with Gasteiger partial charge in [-0.2, -0.15) is 5.10 Å². The zero-order valence-corrected chi connectivity index (χ0v) is 19.1. The van der Waals surface area contributed by atoms with Gasteiger partial charge in [0, 0.05) is 19.0 Å². The van der Waals surface area contributed by atoms with E-state index in [1.165, 1.54) is 13.1 Å². The Morgan fingerprint density at radius 3 is 2.18 bits per heavy atom. The van der Waals surface area contributed by atoms with Gasteiger partial charge in [-0.25, -0.2) is 9.59 Å². The van der Waals surface area contributed by atoms with Crippen LogP contribution in [0.2, 0.25) is 0 Å². The smallest absolute Gasteiger partial charge is 0.407 e. The lowest BCUT2D eigenvalue weighted by atomic mass is 9.98. The van der Waals surface area contributed by atoms with E-state index in [4.69, 9.17) is 9.84 Å². The molecule has 9 heteroatoms. The van der Waals surface area contributed by atoms with Crippen molar-refractivity contribution in [2.24, 2.45) is 13.0 Å². The van der Waals surface area contributed by atoms with E-state index in [-0.39, 0.29) is 30.0 Å². The molecule has 3 aromatic rings. The van der Waals surface area contributed by atoms with Gasteiger partial charge in [-0.3, -0.25) is 9.48 Å². The molecule has 1 aliphatic carbocycles. The number of amides is 2. The first-order chi connectivity index (χ1) is 16.3. The molecular formula is C25H26N4O5. The summed E-state index contributed by atoms with van der Waals surface area (Å²) < 4.78 is 6.70. The van der Waals surface area contributed by atoms with E-state index in [0.29, 0.717) is 0 Å². The number of alkyl carbamates (subject to hydrolysis) is 1. The number of aromatic nitrogens is 2. The fourth-order valence-corrected chi connectivity index (χ4v) is 4.23. The molecule has 0 aliphatic heterocycles. The largest absolute Gasteiger partial charge is 0.477 e. The molecule has 4 rings (SSSR count). The molecule has 1 aromatic heterocycles. The highest BCUT2D eigenvalue weighted by Crippen LogP contribution is 2.44. The van der Waals surface area contributed by atoms with Gasteiger partial charge in [-0.05, 0) is 28.2 Å². The summed E-state index contributed by atoms with van der Waals surface area (Å²) in [5, 5.41) is 18.3. The zero-order chi connectivity index (χ0) is 24.4. The van der Waals surface area contributed by atoms with Gasteiger partial charge in [0.25, 0.3) is 0 Å². The minimum absolute atomic E-state index is 0.0686. The lowest BCUT2D eigenvalue weighted by Crippen LogP contribution is -2.47. The molecule has 1 aliphatic rings. The Morgan fingerprint density at radius 2 is 1.65 bits per heavy atom. The van der Waals surface area contributed by atoms with E-state index in [1.54, 1.807) is 13.8 Å². The Balaban J connectivity index is 1.41. The summed E-state index contributed by atoms with van der Waals surface area (Å²) >= 11 is 0. The lowest BCUT2D eigenvalue weighted by molar-refractivity contribution is -0.119. The number of rotatable bonds is 7. The maximum atomic E-state index is 12.8. The third kappa shape index (κ3) is 4.50. The number of benzene rings is 2. The first kappa shape index (κ1) is 23.0. The number of carbonyl (C=O) groups excluding carboxylic acids is 2. The Labute approximate surface area is 196 Å². The van der Waals surface area contributed by atoms with Crippen molar-refractivity contribution >= 4 is 23.8 Å². The van der Waals surface area contributed by atoms with Crippen LogP contribution in [0, 0.1) is 5.92 Å². The van der Waals surface area contributed by atoms with E-state index in [9.17, 15) is 14.4 Å². The Hall–Kier alpha value is -4.14. The Morgan fingerprint density at radius 1 is 1.06 bits per heavy atom. The predicted molar refractivity (Wildman–Crippen MR) is 126 cm³/mol. The van der Waals surface area contributed by atoms with Crippen LogP contribution in [-0.4, -0.2) is 45.5 Å². The van der Waals surface area contributed by atoms with E-state index in [0.717, 1.165) is 26.9 Å². The summed E-state index contributed by atoms with van der Waals surface area (Å²) in [6, 6.07) is 16.4. The van der Waals surface area contributed by atoms with Crippen LogP contribution in [0.25, 0.3) is 11.1 Å². The minimum atomic E-state index is -1.16. The van der Waals surface area contributed by atoms with Crippen LogP contribution in [0.5, 0.6) is 0 Å². The van der Waals surface area contributed by atoms with Crippen LogP contribution in [0.15, 0.2) is 54.6 Å². The van der Waals surface area contributed by atoms with Crippen molar-refractivity contribution in [1.29, 1.82) is 0 Å². The number of nitrogens with one attached hydrogen (secondary N) is 2. The van der Waals surface area contributed by atoms with Gasteiger partial charge >= 0.3 is 12.1 Å². The molecule has 0 radical (unpaired) electrons. The van der Waals surface area contributed by atoms with Gasteiger partial charge in [-0.1, -0.05) is 62.4 Å². The second-order valence-corrected chi connectivity index (χ2v) is 8.52. The summed E-state index contributed by atoms with van der Waals surface area (Å²) in [6.07, 6.45) is -0.706. The summed E-state index contributed by atoms with van der Waals surface area (Å²) in [5.74, 6) is -1.92. The van der Waals surface area contributed by atoms with Crippen LogP contribution in [-0.2, 0) is 16.6 Å². The normalized spacial score (nSPS) is 13.2. The average molecular weight is 463 g/mol. The summed E-state index contributed by atoms with van der Waals surface area (Å²) in [7, 11) is 1.47. The number of carbonyl (C=O) groups is 3. The van der Waals surface area contributed by atoms with E-state index >= 15 is 0 Å². The number of ether oxygens (including phenoxy) is 1. The maximum Gasteiger partial charge on any atom is 0.407 e. The van der Waals surface area contributed by atoms with Crippen molar-refractivity contribution in [3.05, 3.63) is 71.4 Å². The molecule has 0 saturated heterocycles. The molecular weight excluding hydrogens is 436 g/mol. The fraction of sp³-hybridized carbons (Fsp3) is 0.280. The highest BCUT2D eigenvalue weighted by Gasteiger charge is 2.30. The van der Waals surface area contributed by atoms with E-state index < -0.39 is 24.0 Å². The molecule has 2 aromatic carbocycles. The number of carboxylic acid groups (broad SMARTS) is 1. The maximum absolute atomic E-state index is 12.8. The van der Waals surface area contributed by atoms with Crippen LogP contribution in [0.1, 0.15) is 41.4 Å². The highest BCUT2D eigenvalue weighted by atomic mass is 16.5. The standard InChI is InChI=1S/C25H26N4O5/c1-14(2)22(23(30)26-21-12-20(24(31)32)29(3)28-21)27-25(33)34-13-19-17-10-6-4-8-15(17)16-9-5-7-11-18(16)19/h4-12,14,19,22H,13H2,1-3H3,(H,27,33)(H,31,32)(H,26,28,30)/t22-/m0/s1. The number of anilines is 1. The Kier molecular flexibility index (Phi) is 6.36. The topological polar surface area (TPSA) is 123 Å². The second-order valence-electron chi connectivity index (χ2n) is 8.52. The molecule has 0 saturated carbocycles. The van der Waals surface area contributed by atoms with Crippen LogP contribution >= 0.6 is 0 Å². The van der Waals surface area contributed by atoms with Gasteiger partial charge in [0.1, 0.15) is 18.3 Å². The molecule has 9 nitrogen and oxygen atoms in total. The molecule has 176 valence electrons. The molecule has 1 atom stereocenters. The summed E-state index contributed by atoms with van der Waals surface area (Å²) in [5.41, 5.74) is 4.38.